The molecule has 0 atom stereocenters. The maximum absolute atomic E-state index is 6.96. The molecule has 676 valence electrons. The van der Waals surface area contributed by atoms with E-state index in [9.17, 15) is 0 Å². The van der Waals surface area contributed by atoms with Gasteiger partial charge in [0.2, 0.25) is 0 Å². The Kier molecular flexibility index (Phi) is 46.8. The topological polar surface area (TPSA) is 141 Å². The van der Waals surface area contributed by atoms with Gasteiger partial charge >= 0.3 is 0 Å². The first-order chi connectivity index (χ1) is 60.2. The Labute approximate surface area is 736 Å². The van der Waals surface area contributed by atoms with Crippen LogP contribution in [0.15, 0.2) is 79.0 Å². The molecule has 8 aromatic carbocycles. The summed E-state index contributed by atoms with van der Waals surface area (Å²) in [5, 5.41) is 22.3. The molecule has 0 saturated carbocycles. The lowest BCUT2D eigenvalue weighted by Crippen LogP contribution is -2.05. The lowest BCUT2D eigenvalue weighted by atomic mass is 9.93. The van der Waals surface area contributed by atoms with Gasteiger partial charge in [0.05, 0.1) is 85.0 Å². The lowest BCUT2D eigenvalue weighted by molar-refractivity contribution is 0.259. The van der Waals surface area contributed by atoms with Crippen molar-refractivity contribution < 1.29 is 56.8 Å². The minimum absolute atomic E-state index is 0.477. The number of benzene rings is 8. The van der Waals surface area contributed by atoms with E-state index in [0.29, 0.717) is 79.3 Å². The Hall–Kier alpha value is -7.94. The van der Waals surface area contributed by atoms with E-state index in [1.54, 1.807) is 0 Å². The highest BCUT2D eigenvalue weighted by molar-refractivity contribution is 6.28. The number of fused-ring (bicyclic) bond motifs is 12. The van der Waals surface area contributed by atoms with Gasteiger partial charge in [0, 0.05) is 12.7 Å². The molecule has 0 amide bonds. The molecule has 0 bridgehead atoms. The molecule has 122 heavy (non-hydrogen) atoms. The minimum Gasteiger partial charge on any atom is -0.490 e. The first kappa shape index (κ1) is 97.9. The monoisotopic (exact) mass is 1680 g/mol. The zero-order valence-electron chi connectivity index (χ0n) is 78.0. The number of aryl methyl sites for hydroxylation is 2. The molecule has 0 N–H and O–H groups in total. The van der Waals surface area contributed by atoms with Crippen LogP contribution in [-0.4, -0.2) is 94.3 Å². The summed E-state index contributed by atoms with van der Waals surface area (Å²) in [6, 6.07) is 26.8. The van der Waals surface area contributed by atoms with Gasteiger partial charge in [-0.25, -0.2) is 0 Å². The number of unbranched alkanes of at least 4 members (excludes halogenated alkanes) is 33. The zero-order chi connectivity index (χ0) is 85.8. The van der Waals surface area contributed by atoms with Gasteiger partial charge in [-0.05, 0) is 234 Å². The van der Waals surface area contributed by atoms with Gasteiger partial charge in [0.25, 0.3) is 0 Å². The zero-order valence-corrected chi connectivity index (χ0v) is 78.0. The smallest absolute Gasteiger partial charge is 0.161 e. The van der Waals surface area contributed by atoms with Crippen LogP contribution in [0.3, 0.4) is 0 Å². The molecule has 15 nitrogen and oxygen atoms in total. The van der Waals surface area contributed by atoms with E-state index in [1.165, 1.54) is 116 Å². The molecule has 0 unspecified atom stereocenters. The SMILES string of the molecule is CCCCCCOc1cc2c3cc(OCCCCCC)c(OCCCCCC)cc3c3cc(OCCCCCCn4cc(CCCOc5cc6c7cc(OCCCCCC)c(OCCCCCC)cc7c7cc(OCCCCCC)c(OCCCCCC)cc7c6cc5OCCCCCC)nn4)c(OCCCCCC)cc3c2cc1OCCCCCC. The fourth-order valence-corrected chi connectivity index (χ4v) is 16.4. The van der Waals surface area contributed by atoms with Crippen LogP contribution in [0.2, 0.25) is 0 Å². The van der Waals surface area contributed by atoms with Crippen LogP contribution in [0, 0.1) is 0 Å². The van der Waals surface area contributed by atoms with E-state index < -0.39 is 0 Å². The summed E-state index contributed by atoms with van der Waals surface area (Å²) in [6.07, 6.45) is 52.2. The van der Waals surface area contributed by atoms with Crippen LogP contribution in [0.25, 0.3) is 64.6 Å². The Morgan fingerprint density at radius 2 is 0.328 bits per heavy atom. The molecule has 9 rings (SSSR count). The second-order valence-corrected chi connectivity index (χ2v) is 34.3. The highest BCUT2D eigenvalue weighted by atomic mass is 16.5. The molecule has 0 aliphatic rings. The summed E-state index contributed by atoms with van der Waals surface area (Å²) in [6.45, 7) is 30.6. The highest BCUT2D eigenvalue weighted by Crippen LogP contribution is 2.50. The Morgan fingerprint density at radius 1 is 0.180 bits per heavy atom. The predicted octanol–water partition coefficient (Wildman–Crippen LogP) is 31.4. The second-order valence-electron chi connectivity index (χ2n) is 34.3. The quantitative estimate of drug-likeness (QED) is 0.0264. The number of hydrogen-bond donors (Lipinski definition) is 0. The van der Waals surface area contributed by atoms with Crippen LogP contribution < -0.4 is 56.8 Å². The number of hydrogen-bond acceptors (Lipinski definition) is 14. The standard InChI is InChI=1S/C107H161N3O12/c1-11-21-31-44-58-111-96-70-84-85-71-97(112-59-45-32-22-12-2)99(114-61-47-34-24-14-4)73-87(85)92-79-105(104(119-66-52-39-29-19-9)77-89(92)86(84)72-98(96)113-60-46-33-23-13-3)121-68-54-42-41-43-57-110-82-83(108-109-110)56-55-69-122-107-81-95-93-78-103(118-65-51-38-28-18-8)101(116-63-49-36-26-16-6)75-90(93)88-74-100(115-62-48-35-25-15-5)102(117-64-50-37-27-17-7)76-91(88)94(95)80-106(107)120-67-53-40-30-20-10/h70-82H,11-69H2,1-10H3. The molecule has 0 spiro atoms. The van der Waals surface area contributed by atoms with Crippen molar-refractivity contribution in [1.82, 2.24) is 15.0 Å². The maximum atomic E-state index is 6.96. The molecule has 1 aromatic heterocycles. The summed E-state index contributed by atoms with van der Waals surface area (Å²) in [5.41, 5.74) is 0.958. The van der Waals surface area contributed by atoms with Gasteiger partial charge in [-0.2, -0.15) is 0 Å². The van der Waals surface area contributed by atoms with Crippen molar-refractivity contribution in [2.24, 2.45) is 0 Å². The van der Waals surface area contributed by atoms with Crippen molar-refractivity contribution in [3.63, 3.8) is 0 Å². The summed E-state index contributed by atoms with van der Waals surface area (Å²) in [5.74, 6) is 9.29. The van der Waals surface area contributed by atoms with E-state index in [-0.39, 0.29) is 0 Å². The fraction of sp³-hybridized carbons (Fsp3) is 0.645. The second kappa shape index (κ2) is 58.3. The van der Waals surface area contributed by atoms with E-state index in [2.05, 4.69) is 153 Å². The average molecular weight is 1680 g/mol. The summed E-state index contributed by atoms with van der Waals surface area (Å²) in [4.78, 5) is 0. The number of rotatable bonds is 73. The van der Waals surface area contributed by atoms with Gasteiger partial charge in [0.15, 0.2) is 69.0 Å². The Balaban J connectivity index is 0.946. The molecule has 0 saturated heterocycles. The summed E-state index contributed by atoms with van der Waals surface area (Å²) >= 11 is 0. The van der Waals surface area contributed by atoms with Crippen LogP contribution in [-0.2, 0) is 13.0 Å². The molecule has 1 heterocycles. The third-order valence-electron chi connectivity index (χ3n) is 23.8. The molecule has 0 aliphatic carbocycles. The normalized spacial score (nSPS) is 11.7. The molecule has 0 aliphatic heterocycles. The summed E-state index contributed by atoms with van der Waals surface area (Å²) < 4.78 is 83.9. The molecule has 0 radical (unpaired) electrons. The Morgan fingerprint density at radius 3 is 0.492 bits per heavy atom. The van der Waals surface area contributed by atoms with Crippen molar-refractivity contribution in [3.8, 4) is 69.0 Å². The number of ether oxygens (including phenoxy) is 12. The fourth-order valence-electron chi connectivity index (χ4n) is 16.4. The highest BCUT2D eigenvalue weighted by Gasteiger charge is 2.25. The molecular weight excluding hydrogens is 1520 g/mol. The van der Waals surface area contributed by atoms with Gasteiger partial charge in [0.1, 0.15) is 0 Å². The minimum atomic E-state index is 0.477. The largest absolute Gasteiger partial charge is 0.490 e. The number of nitrogens with zero attached hydrogens (tertiary/aromatic N) is 3. The molecule has 0 fully saturated rings. The predicted molar refractivity (Wildman–Crippen MR) is 512 cm³/mol. The number of aromatic nitrogens is 3. The first-order valence-electron chi connectivity index (χ1n) is 49.8. The third-order valence-corrected chi connectivity index (χ3v) is 23.8. The molecule has 9 aromatic rings. The maximum Gasteiger partial charge on any atom is 0.161 e. The van der Waals surface area contributed by atoms with Gasteiger partial charge < -0.3 is 56.8 Å². The van der Waals surface area contributed by atoms with Crippen molar-refractivity contribution >= 4 is 64.6 Å². The van der Waals surface area contributed by atoms with Crippen molar-refractivity contribution in [2.75, 3.05) is 79.3 Å². The van der Waals surface area contributed by atoms with Crippen molar-refractivity contribution in [3.05, 3.63) is 84.7 Å². The molecular formula is C107H161N3O12. The van der Waals surface area contributed by atoms with Gasteiger partial charge in [-0.3, -0.25) is 4.68 Å². The average Bonchev–Trinajstić information content (AvgIpc) is 0.754. The van der Waals surface area contributed by atoms with Crippen LogP contribution in [0.5, 0.6) is 69.0 Å². The van der Waals surface area contributed by atoms with E-state index in [1.807, 2.05) is 4.68 Å². The molecule has 15 heteroatoms. The third kappa shape index (κ3) is 31.9. The van der Waals surface area contributed by atoms with Crippen molar-refractivity contribution in [2.45, 2.75) is 371 Å². The van der Waals surface area contributed by atoms with Gasteiger partial charge in [-0.15, -0.1) is 5.10 Å². The first-order valence-corrected chi connectivity index (χ1v) is 49.8. The van der Waals surface area contributed by atoms with E-state index in [0.717, 1.165) is 326 Å². The van der Waals surface area contributed by atoms with Crippen LogP contribution >= 0.6 is 0 Å². The lowest BCUT2D eigenvalue weighted by Gasteiger charge is -2.21. The van der Waals surface area contributed by atoms with E-state index in [4.69, 9.17) is 61.9 Å². The van der Waals surface area contributed by atoms with Crippen LogP contribution in [0.1, 0.15) is 364 Å². The van der Waals surface area contributed by atoms with Gasteiger partial charge in [-0.1, -0.05) is 273 Å². The van der Waals surface area contributed by atoms with Crippen molar-refractivity contribution in [1.29, 1.82) is 0 Å². The van der Waals surface area contributed by atoms with Crippen LogP contribution in [0.4, 0.5) is 0 Å². The van der Waals surface area contributed by atoms with E-state index >= 15 is 0 Å². The Bertz CT molecular complexity index is 4300. The summed E-state index contributed by atoms with van der Waals surface area (Å²) in [7, 11) is 0.